The summed E-state index contributed by atoms with van der Waals surface area (Å²) in [4.78, 5) is 14.1. The molecule has 0 aliphatic carbocycles. The van der Waals surface area contributed by atoms with E-state index in [-0.39, 0.29) is 44.5 Å². The minimum Gasteiger partial charge on any atom is -0.484 e. The maximum Gasteiger partial charge on any atom is 0.260 e. The number of hydrogen-bond acceptors (Lipinski definition) is 4. The van der Waals surface area contributed by atoms with E-state index in [2.05, 4.69) is 0 Å². The molecule has 2 aromatic rings. The second kappa shape index (κ2) is 8.29. The second-order valence-electron chi connectivity index (χ2n) is 6.37. The van der Waals surface area contributed by atoms with Gasteiger partial charge in [-0.25, -0.2) is 4.39 Å². The summed E-state index contributed by atoms with van der Waals surface area (Å²) < 4.78 is 25.2. The Balaban J connectivity index is 1.64. The van der Waals surface area contributed by atoms with Gasteiger partial charge >= 0.3 is 0 Å². The van der Waals surface area contributed by atoms with Crippen LogP contribution in [-0.4, -0.2) is 54.4 Å². The van der Waals surface area contributed by atoms with Crippen LogP contribution in [0.2, 0.25) is 0 Å². The van der Waals surface area contributed by atoms with E-state index in [1.54, 1.807) is 35.2 Å². The lowest BCUT2D eigenvalue weighted by Crippen LogP contribution is -2.57. The van der Waals surface area contributed by atoms with Crippen molar-refractivity contribution >= 4 is 5.91 Å². The quantitative estimate of drug-likeness (QED) is 0.858. The van der Waals surface area contributed by atoms with E-state index in [1.165, 1.54) is 6.07 Å². The maximum atomic E-state index is 14.0. The van der Waals surface area contributed by atoms with Crippen molar-refractivity contribution in [1.29, 1.82) is 0 Å². The van der Waals surface area contributed by atoms with Crippen LogP contribution in [0.4, 0.5) is 4.39 Å². The molecule has 0 spiro atoms. The fourth-order valence-electron chi connectivity index (χ4n) is 3.06. The van der Waals surface area contributed by atoms with Gasteiger partial charge in [-0.1, -0.05) is 36.4 Å². The SMILES string of the molecule is O=C(COc1ccccc1)N1CCOC(CO)(Cc2ccccc2F)C1. The van der Waals surface area contributed by atoms with Crippen LogP contribution in [-0.2, 0) is 16.0 Å². The number of amides is 1. The van der Waals surface area contributed by atoms with Gasteiger partial charge in [-0.15, -0.1) is 0 Å². The van der Waals surface area contributed by atoms with E-state index >= 15 is 0 Å². The average Bonchev–Trinajstić information content (AvgIpc) is 2.69. The van der Waals surface area contributed by atoms with Crippen molar-refractivity contribution in [3.63, 3.8) is 0 Å². The summed E-state index contributed by atoms with van der Waals surface area (Å²) in [5.74, 6) is 0.0807. The smallest absolute Gasteiger partial charge is 0.260 e. The van der Waals surface area contributed by atoms with Crippen LogP contribution in [0.5, 0.6) is 5.75 Å². The first-order valence-corrected chi connectivity index (χ1v) is 8.56. The first-order valence-electron chi connectivity index (χ1n) is 8.56. The first-order chi connectivity index (χ1) is 12.6. The number of halogens is 1. The molecule has 1 saturated heterocycles. The number of para-hydroxylation sites is 1. The van der Waals surface area contributed by atoms with Crippen LogP contribution in [0.25, 0.3) is 0 Å². The molecule has 1 fully saturated rings. The number of aliphatic hydroxyl groups is 1. The van der Waals surface area contributed by atoms with E-state index in [4.69, 9.17) is 9.47 Å². The lowest BCUT2D eigenvalue weighted by Gasteiger charge is -2.41. The number of morpholine rings is 1. The summed E-state index contributed by atoms with van der Waals surface area (Å²) in [5.41, 5.74) is -0.556. The molecule has 0 aromatic heterocycles. The zero-order valence-corrected chi connectivity index (χ0v) is 14.4. The van der Waals surface area contributed by atoms with Gasteiger partial charge in [0.25, 0.3) is 5.91 Å². The second-order valence-corrected chi connectivity index (χ2v) is 6.37. The monoisotopic (exact) mass is 359 g/mol. The molecule has 2 aromatic carbocycles. The lowest BCUT2D eigenvalue weighted by molar-refractivity contribution is -0.159. The zero-order chi connectivity index (χ0) is 18.4. The van der Waals surface area contributed by atoms with Gasteiger partial charge in [-0.3, -0.25) is 4.79 Å². The van der Waals surface area contributed by atoms with Gasteiger partial charge < -0.3 is 19.5 Å². The van der Waals surface area contributed by atoms with Gasteiger partial charge in [0, 0.05) is 13.0 Å². The Morgan fingerprint density at radius 3 is 2.65 bits per heavy atom. The molecule has 0 radical (unpaired) electrons. The molecule has 1 unspecified atom stereocenters. The van der Waals surface area contributed by atoms with Crippen molar-refractivity contribution in [1.82, 2.24) is 4.90 Å². The Morgan fingerprint density at radius 2 is 1.92 bits per heavy atom. The third kappa shape index (κ3) is 4.39. The van der Waals surface area contributed by atoms with Crippen molar-refractivity contribution in [2.75, 3.05) is 32.9 Å². The van der Waals surface area contributed by atoms with Crippen molar-refractivity contribution in [3.8, 4) is 5.75 Å². The molecule has 5 nitrogen and oxygen atoms in total. The van der Waals surface area contributed by atoms with Crippen molar-refractivity contribution in [2.45, 2.75) is 12.0 Å². The van der Waals surface area contributed by atoms with Crippen LogP contribution >= 0.6 is 0 Å². The normalized spacial score (nSPS) is 20.0. The standard InChI is InChI=1S/C20H22FNO4/c21-18-9-5-4-6-16(18)12-20(15-23)14-22(10-11-26-20)19(24)13-25-17-7-2-1-3-8-17/h1-9,23H,10-15H2. The molecular formula is C20H22FNO4. The molecule has 1 aliphatic heterocycles. The van der Waals surface area contributed by atoms with E-state index in [0.717, 1.165) is 0 Å². The highest BCUT2D eigenvalue weighted by Gasteiger charge is 2.38. The van der Waals surface area contributed by atoms with E-state index in [1.807, 2.05) is 18.2 Å². The highest BCUT2D eigenvalue weighted by Crippen LogP contribution is 2.24. The van der Waals surface area contributed by atoms with Gasteiger partial charge in [0.05, 0.1) is 19.8 Å². The molecule has 0 bridgehead atoms. The summed E-state index contributed by atoms with van der Waals surface area (Å²) in [6.07, 6.45) is 0.194. The van der Waals surface area contributed by atoms with Crippen LogP contribution in [0.3, 0.4) is 0 Å². The molecular weight excluding hydrogens is 337 g/mol. The molecule has 6 heteroatoms. The minimum atomic E-state index is -1.01. The average molecular weight is 359 g/mol. The molecule has 1 aliphatic rings. The number of carbonyl (C=O) groups is 1. The van der Waals surface area contributed by atoms with E-state index in [0.29, 0.717) is 17.9 Å². The summed E-state index contributed by atoms with van der Waals surface area (Å²) in [7, 11) is 0. The highest BCUT2D eigenvalue weighted by molar-refractivity contribution is 5.78. The van der Waals surface area contributed by atoms with Crippen LogP contribution in [0, 0.1) is 5.82 Å². The summed E-state index contributed by atoms with van der Waals surface area (Å²) in [6.45, 7) is 0.493. The van der Waals surface area contributed by atoms with Gasteiger partial charge in [0.15, 0.2) is 6.61 Å². The van der Waals surface area contributed by atoms with Crippen molar-refractivity contribution in [2.24, 2.45) is 0 Å². The topological polar surface area (TPSA) is 59.0 Å². The minimum absolute atomic E-state index is 0.0920. The van der Waals surface area contributed by atoms with Crippen molar-refractivity contribution in [3.05, 3.63) is 66.0 Å². The number of benzene rings is 2. The number of carbonyl (C=O) groups excluding carboxylic acids is 1. The van der Waals surface area contributed by atoms with Crippen molar-refractivity contribution < 1.29 is 23.8 Å². The molecule has 1 heterocycles. The molecule has 138 valence electrons. The van der Waals surface area contributed by atoms with E-state index < -0.39 is 5.60 Å². The highest BCUT2D eigenvalue weighted by atomic mass is 19.1. The Morgan fingerprint density at radius 1 is 1.19 bits per heavy atom. The van der Waals surface area contributed by atoms with Gasteiger partial charge in [-0.05, 0) is 23.8 Å². The largest absolute Gasteiger partial charge is 0.484 e. The number of ether oxygens (including phenoxy) is 2. The Bertz CT molecular complexity index is 740. The Hall–Kier alpha value is -2.44. The maximum absolute atomic E-state index is 14.0. The predicted octanol–water partition coefficient (Wildman–Crippen LogP) is 2.04. The third-order valence-corrected chi connectivity index (χ3v) is 4.47. The zero-order valence-electron chi connectivity index (χ0n) is 14.4. The van der Waals surface area contributed by atoms with Crippen LogP contribution < -0.4 is 4.74 Å². The Labute approximate surface area is 152 Å². The predicted molar refractivity (Wildman–Crippen MR) is 94.4 cm³/mol. The fraction of sp³-hybridized carbons (Fsp3) is 0.350. The summed E-state index contributed by atoms with van der Waals surface area (Å²) in [6, 6.07) is 15.5. The molecule has 1 atom stereocenters. The molecule has 26 heavy (non-hydrogen) atoms. The number of aliphatic hydroxyl groups excluding tert-OH is 1. The summed E-state index contributed by atoms with van der Waals surface area (Å²) in [5, 5.41) is 9.88. The van der Waals surface area contributed by atoms with Gasteiger partial charge in [0.2, 0.25) is 0 Å². The Kier molecular flexibility index (Phi) is 5.85. The number of rotatable bonds is 6. The van der Waals surface area contributed by atoms with Crippen LogP contribution in [0.15, 0.2) is 54.6 Å². The number of nitrogens with zero attached hydrogens (tertiary/aromatic N) is 1. The van der Waals surface area contributed by atoms with Crippen LogP contribution in [0.1, 0.15) is 5.56 Å². The molecule has 1 amide bonds. The molecule has 3 rings (SSSR count). The van der Waals surface area contributed by atoms with E-state index in [9.17, 15) is 14.3 Å². The lowest BCUT2D eigenvalue weighted by atomic mass is 9.92. The summed E-state index contributed by atoms with van der Waals surface area (Å²) >= 11 is 0. The third-order valence-electron chi connectivity index (χ3n) is 4.47. The molecule has 0 saturated carbocycles. The number of hydrogen-bond donors (Lipinski definition) is 1. The van der Waals surface area contributed by atoms with Gasteiger partial charge in [0.1, 0.15) is 17.2 Å². The first kappa shape index (κ1) is 18.4. The molecule has 1 N–H and O–H groups in total. The fourth-order valence-corrected chi connectivity index (χ4v) is 3.06. The van der Waals surface area contributed by atoms with Gasteiger partial charge in [-0.2, -0.15) is 0 Å².